The smallest absolute Gasteiger partial charge is 0.314 e. The molecule has 1 aromatic carbocycles. The lowest BCUT2D eigenvalue weighted by Crippen LogP contribution is -2.31. The molecule has 0 saturated heterocycles. The molecule has 0 aliphatic rings. The van der Waals surface area contributed by atoms with Crippen molar-refractivity contribution in [3.8, 4) is 6.07 Å². The Morgan fingerprint density at radius 1 is 1.53 bits per heavy atom. The molecular formula is C11H12N2O2. The molecule has 1 rings (SSSR count). The van der Waals surface area contributed by atoms with E-state index in [1.165, 1.54) is 6.92 Å². The molecule has 78 valence electrons. The molecule has 0 aliphatic carbocycles. The highest BCUT2D eigenvalue weighted by Crippen LogP contribution is 2.28. The molecule has 15 heavy (non-hydrogen) atoms. The highest BCUT2D eigenvalue weighted by atomic mass is 16.4. The van der Waals surface area contributed by atoms with Crippen molar-refractivity contribution in [2.45, 2.75) is 18.8 Å². The predicted octanol–water partition coefficient (Wildman–Crippen LogP) is 1.52. The number of hydrogen-bond donors (Lipinski definition) is 2. The molecule has 0 fully saturated rings. The number of carbonyl (C=O) groups is 1. The molecule has 3 N–H and O–H groups in total. The zero-order chi connectivity index (χ0) is 11.5. The predicted molar refractivity (Wildman–Crippen MR) is 56.1 cm³/mol. The van der Waals surface area contributed by atoms with E-state index < -0.39 is 11.4 Å². The largest absolute Gasteiger partial charge is 0.481 e. The van der Waals surface area contributed by atoms with Gasteiger partial charge in [0.2, 0.25) is 0 Å². The minimum absolute atomic E-state index is 0.0632. The van der Waals surface area contributed by atoms with Gasteiger partial charge >= 0.3 is 5.97 Å². The van der Waals surface area contributed by atoms with Crippen molar-refractivity contribution in [1.29, 1.82) is 5.26 Å². The van der Waals surface area contributed by atoms with E-state index in [2.05, 4.69) is 0 Å². The summed E-state index contributed by atoms with van der Waals surface area (Å²) in [6, 6.07) is 8.44. The van der Waals surface area contributed by atoms with Crippen LogP contribution < -0.4 is 5.73 Å². The number of nitrogens with two attached hydrogens (primary N) is 1. The number of carboxylic acid groups (broad SMARTS) is 1. The lowest BCUT2D eigenvalue weighted by atomic mass is 9.80. The van der Waals surface area contributed by atoms with E-state index in [4.69, 9.17) is 16.1 Å². The standard InChI is InChI=1S/C11H12N2O2/c1-11(6-7-12,10(14)15)8-2-4-9(13)5-3-8/h2-5H,6,13H2,1H3,(H,14,15). The van der Waals surface area contributed by atoms with Gasteiger partial charge in [-0.1, -0.05) is 12.1 Å². The maximum atomic E-state index is 11.1. The van der Waals surface area contributed by atoms with Crippen LogP contribution >= 0.6 is 0 Å². The molecule has 0 heterocycles. The Morgan fingerprint density at radius 3 is 2.47 bits per heavy atom. The topological polar surface area (TPSA) is 87.1 Å². The molecule has 0 radical (unpaired) electrons. The summed E-state index contributed by atoms with van der Waals surface area (Å²) in [6.07, 6.45) is -0.0632. The minimum atomic E-state index is -1.16. The first-order valence-corrected chi connectivity index (χ1v) is 4.47. The Morgan fingerprint density at radius 2 is 2.07 bits per heavy atom. The zero-order valence-electron chi connectivity index (χ0n) is 8.40. The van der Waals surface area contributed by atoms with Gasteiger partial charge in [-0.2, -0.15) is 5.26 Å². The second-order valence-electron chi connectivity index (χ2n) is 3.59. The molecule has 0 spiro atoms. The van der Waals surface area contributed by atoms with Gasteiger partial charge in [0.15, 0.2) is 0 Å². The molecule has 4 heteroatoms. The number of aliphatic carboxylic acids is 1. The van der Waals surface area contributed by atoms with Gasteiger partial charge in [0.1, 0.15) is 5.41 Å². The normalized spacial score (nSPS) is 13.9. The molecule has 0 bridgehead atoms. The van der Waals surface area contributed by atoms with Crippen LogP contribution in [-0.2, 0) is 10.2 Å². The van der Waals surface area contributed by atoms with Gasteiger partial charge in [-0.25, -0.2) is 0 Å². The Kier molecular flexibility index (Phi) is 2.96. The Bertz CT molecular complexity index is 406. The average molecular weight is 204 g/mol. The third-order valence-corrected chi connectivity index (χ3v) is 2.45. The van der Waals surface area contributed by atoms with Crippen LogP contribution in [0.2, 0.25) is 0 Å². The van der Waals surface area contributed by atoms with E-state index >= 15 is 0 Å². The molecule has 0 aromatic heterocycles. The number of carboxylic acids is 1. The summed E-state index contributed by atoms with van der Waals surface area (Å²) in [4.78, 5) is 11.1. The number of nitriles is 1. The Balaban J connectivity index is 3.16. The van der Waals surface area contributed by atoms with Gasteiger partial charge < -0.3 is 10.8 Å². The fourth-order valence-corrected chi connectivity index (χ4v) is 1.31. The van der Waals surface area contributed by atoms with Crippen molar-refractivity contribution in [1.82, 2.24) is 0 Å². The van der Waals surface area contributed by atoms with Crippen LogP contribution in [0.5, 0.6) is 0 Å². The number of nitrogen functional groups attached to an aromatic ring is 1. The second kappa shape index (κ2) is 4.01. The van der Waals surface area contributed by atoms with Crippen molar-refractivity contribution in [2.75, 3.05) is 5.73 Å². The van der Waals surface area contributed by atoms with E-state index in [9.17, 15) is 4.79 Å². The first-order valence-electron chi connectivity index (χ1n) is 4.47. The Hall–Kier alpha value is -2.02. The van der Waals surface area contributed by atoms with Gasteiger partial charge in [-0.3, -0.25) is 4.79 Å². The van der Waals surface area contributed by atoms with Crippen molar-refractivity contribution in [3.63, 3.8) is 0 Å². The Labute approximate surface area is 87.9 Å². The molecule has 0 saturated carbocycles. The van der Waals surface area contributed by atoms with Crippen molar-refractivity contribution in [3.05, 3.63) is 29.8 Å². The van der Waals surface area contributed by atoms with E-state index in [0.29, 0.717) is 11.3 Å². The van der Waals surface area contributed by atoms with E-state index in [-0.39, 0.29) is 6.42 Å². The number of anilines is 1. The van der Waals surface area contributed by atoms with Gasteiger partial charge in [0, 0.05) is 5.69 Å². The molecule has 1 unspecified atom stereocenters. The average Bonchev–Trinajstić information content (AvgIpc) is 2.18. The van der Waals surface area contributed by atoms with Gasteiger partial charge in [0.25, 0.3) is 0 Å². The van der Waals surface area contributed by atoms with Crippen LogP contribution in [0.25, 0.3) is 0 Å². The summed E-state index contributed by atoms with van der Waals surface area (Å²) in [5.41, 5.74) is 5.50. The maximum Gasteiger partial charge on any atom is 0.314 e. The first kappa shape index (κ1) is 11.1. The van der Waals surface area contributed by atoms with Crippen molar-refractivity contribution >= 4 is 11.7 Å². The van der Waals surface area contributed by atoms with Crippen LogP contribution in [0, 0.1) is 11.3 Å². The molecule has 1 atom stereocenters. The third-order valence-electron chi connectivity index (χ3n) is 2.45. The molecular weight excluding hydrogens is 192 g/mol. The van der Waals surface area contributed by atoms with Crippen LogP contribution in [0.3, 0.4) is 0 Å². The second-order valence-corrected chi connectivity index (χ2v) is 3.59. The lowest BCUT2D eigenvalue weighted by molar-refractivity contribution is -0.143. The van der Waals surface area contributed by atoms with Crippen molar-refractivity contribution in [2.24, 2.45) is 0 Å². The molecule has 0 aliphatic heterocycles. The summed E-state index contributed by atoms with van der Waals surface area (Å²) >= 11 is 0. The lowest BCUT2D eigenvalue weighted by Gasteiger charge is -2.22. The maximum absolute atomic E-state index is 11.1. The van der Waals surface area contributed by atoms with Crippen LogP contribution in [0.1, 0.15) is 18.9 Å². The quantitative estimate of drug-likeness (QED) is 0.731. The van der Waals surface area contributed by atoms with Gasteiger partial charge in [0.05, 0.1) is 12.5 Å². The highest BCUT2D eigenvalue weighted by molar-refractivity contribution is 5.81. The monoisotopic (exact) mass is 204 g/mol. The summed E-state index contributed by atoms with van der Waals surface area (Å²) < 4.78 is 0. The van der Waals surface area contributed by atoms with Gasteiger partial charge in [-0.15, -0.1) is 0 Å². The van der Waals surface area contributed by atoms with Crippen LogP contribution in [0.15, 0.2) is 24.3 Å². The highest BCUT2D eigenvalue weighted by Gasteiger charge is 2.34. The van der Waals surface area contributed by atoms with E-state index in [0.717, 1.165) is 0 Å². The van der Waals surface area contributed by atoms with Gasteiger partial charge in [-0.05, 0) is 24.6 Å². The summed E-state index contributed by atoms with van der Waals surface area (Å²) in [5, 5.41) is 17.7. The van der Waals surface area contributed by atoms with Crippen LogP contribution in [-0.4, -0.2) is 11.1 Å². The fourth-order valence-electron chi connectivity index (χ4n) is 1.31. The molecule has 0 amide bonds. The summed E-state index contributed by atoms with van der Waals surface area (Å²) in [6.45, 7) is 1.53. The zero-order valence-corrected chi connectivity index (χ0v) is 8.40. The summed E-state index contributed by atoms with van der Waals surface area (Å²) in [7, 11) is 0. The SMILES string of the molecule is CC(CC#N)(C(=O)O)c1ccc(N)cc1. The number of nitrogens with zero attached hydrogens (tertiary/aromatic N) is 1. The fraction of sp³-hybridized carbons (Fsp3) is 0.273. The number of benzene rings is 1. The number of rotatable bonds is 3. The summed E-state index contributed by atoms with van der Waals surface area (Å²) in [5.74, 6) is -1.01. The third kappa shape index (κ3) is 2.08. The van der Waals surface area contributed by atoms with E-state index in [1.807, 2.05) is 6.07 Å². The molecule has 4 nitrogen and oxygen atoms in total. The van der Waals surface area contributed by atoms with E-state index in [1.54, 1.807) is 24.3 Å². The number of hydrogen-bond acceptors (Lipinski definition) is 3. The van der Waals surface area contributed by atoms with Crippen molar-refractivity contribution < 1.29 is 9.90 Å². The first-order chi connectivity index (χ1) is 7.00. The molecule has 1 aromatic rings. The van der Waals surface area contributed by atoms with Crippen LogP contribution in [0.4, 0.5) is 5.69 Å². The minimum Gasteiger partial charge on any atom is -0.481 e.